The molecule has 0 atom stereocenters. The van der Waals surface area contributed by atoms with Gasteiger partial charge in [0.2, 0.25) is 0 Å². The number of thiophene rings is 1. The Morgan fingerprint density at radius 3 is 2.95 bits per heavy atom. The molecule has 0 aromatic carbocycles. The first-order valence-corrected chi connectivity index (χ1v) is 6.96. The fourth-order valence-electron chi connectivity index (χ4n) is 1.75. The highest BCUT2D eigenvalue weighted by molar-refractivity contribution is 7.09. The van der Waals surface area contributed by atoms with E-state index in [0.717, 1.165) is 10.7 Å². The van der Waals surface area contributed by atoms with Gasteiger partial charge in [-0.05, 0) is 23.6 Å². The van der Waals surface area contributed by atoms with Crippen molar-refractivity contribution < 1.29 is 4.79 Å². The minimum atomic E-state index is -0.122. The molecule has 100 valence electrons. The predicted octanol–water partition coefficient (Wildman–Crippen LogP) is 2.26. The van der Waals surface area contributed by atoms with E-state index in [-0.39, 0.29) is 5.91 Å². The van der Waals surface area contributed by atoms with Gasteiger partial charge in [0.05, 0.1) is 12.1 Å². The molecule has 0 radical (unpaired) electrons. The summed E-state index contributed by atoms with van der Waals surface area (Å²) in [5.41, 5.74) is 0.547. The molecule has 5 nitrogen and oxygen atoms in total. The lowest BCUT2D eigenvalue weighted by atomic mass is 10.2. The number of imidazole rings is 1. The van der Waals surface area contributed by atoms with E-state index in [1.165, 1.54) is 0 Å². The van der Waals surface area contributed by atoms with Crippen LogP contribution >= 0.6 is 11.3 Å². The van der Waals surface area contributed by atoms with E-state index in [2.05, 4.69) is 15.3 Å². The second-order valence-corrected chi connectivity index (χ2v) is 5.17. The van der Waals surface area contributed by atoms with E-state index in [4.69, 9.17) is 0 Å². The molecule has 3 aromatic rings. The van der Waals surface area contributed by atoms with Crippen LogP contribution in [0.5, 0.6) is 0 Å². The van der Waals surface area contributed by atoms with Crippen LogP contribution in [-0.2, 0) is 6.54 Å². The molecule has 3 rings (SSSR count). The second kappa shape index (κ2) is 5.66. The molecule has 0 aliphatic carbocycles. The van der Waals surface area contributed by atoms with Crippen LogP contribution < -0.4 is 5.32 Å². The Morgan fingerprint density at radius 1 is 1.35 bits per heavy atom. The summed E-state index contributed by atoms with van der Waals surface area (Å²) in [5.74, 6) is 0.611. The summed E-state index contributed by atoms with van der Waals surface area (Å²) < 4.78 is 1.79. The van der Waals surface area contributed by atoms with Crippen molar-refractivity contribution in [2.75, 3.05) is 0 Å². The van der Waals surface area contributed by atoms with Crippen LogP contribution in [-0.4, -0.2) is 20.4 Å². The van der Waals surface area contributed by atoms with Crippen molar-refractivity contribution in [2.24, 2.45) is 0 Å². The van der Waals surface area contributed by atoms with Crippen LogP contribution in [0.1, 0.15) is 15.2 Å². The maximum atomic E-state index is 12.0. The van der Waals surface area contributed by atoms with Crippen molar-refractivity contribution in [3.8, 4) is 5.82 Å². The van der Waals surface area contributed by atoms with Crippen LogP contribution in [0.25, 0.3) is 5.82 Å². The minimum absolute atomic E-state index is 0.122. The Morgan fingerprint density at radius 2 is 2.30 bits per heavy atom. The molecule has 3 aromatic heterocycles. The topological polar surface area (TPSA) is 59.8 Å². The van der Waals surface area contributed by atoms with Crippen LogP contribution in [0.2, 0.25) is 0 Å². The molecule has 0 spiro atoms. The molecule has 0 saturated carbocycles. The molecule has 1 amide bonds. The van der Waals surface area contributed by atoms with Crippen molar-refractivity contribution in [1.82, 2.24) is 19.9 Å². The smallest absolute Gasteiger partial charge is 0.253 e. The largest absolute Gasteiger partial charge is 0.347 e. The predicted molar refractivity (Wildman–Crippen MR) is 76.8 cm³/mol. The van der Waals surface area contributed by atoms with Gasteiger partial charge in [0, 0.05) is 23.5 Å². The zero-order valence-electron chi connectivity index (χ0n) is 10.6. The van der Waals surface area contributed by atoms with Crippen molar-refractivity contribution in [1.29, 1.82) is 0 Å². The molecule has 0 bridgehead atoms. The van der Waals surface area contributed by atoms with Gasteiger partial charge < -0.3 is 5.32 Å². The fourth-order valence-corrected chi connectivity index (χ4v) is 2.39. The third-order valence-electron chi connectivity index (χ3n) is 2.78. The number of hydrogen-bond donors (Lipinski definition) is 1. The number of amides is 1. The number of hydrogen-bond acceptors (Lipinski definition) is 4. The Bertz CT molecular complexity index is 675. The Balaban J connectivity index is 1.66. The van der Waals surface area contributed by atoms with E-state index in [0.29, 0.717) is 12.1 Å². The molecular weight excluding hydrogens is 272 g/mol. The van der Waals surface area contributed by atoms with Gasteiger partial charge >= 0.3 is 0 Å². The van der Waals surface area contributed by atoms with Crippen molar-refractivity contribution >= 4 is 17.2 Å². The van der Waals surface area contributed by atoms with E-state index in [9.17, 15) is 4.79 Å². The summed E-state index contributed by atoms with van der Waals surface area (Å²) in [5, 5.41) is 4.86. The van der Waals surface area contributed by atoms with Gasteiger partial charge in [-0.25, -0.2) is 9.97 Å². The third-order valence-corrected chi connectivity index (χ3v) is 3.66. The lowest BCUT2D eigenvalue weighted by Crippen LogP contribution is -2.22. The first kappa shape index (κ1) is 12.6. The number of carbonyl (C=O) groups is 1. The van der Waals surface area contributed by atoms with Gasteiger partial charge in [-0.15, -0.1) is 11.3 Å². The quantitative estimate of drug-likeness (QED) is 0.799. The summed E-state index contributed by atoms with van der Waals surface area (Å²) in [7, 11) is 0. The Labute approximate surface area is 119 Å². The first-order chi connectivity index (χ1) is 9.83. The zero-order chi connectivity index (χ0) is 13.8. The molecule has 1 N–H and O–H groups in total. The maximum absolute atomic E-state index is 12.0. The van der Waals surface area contributed by atoms with Gasteiger partial charge in [0.15, 0.2) is 0 Å². The SMILES string of the molecule is O=C(NCc1cccs1)c1ccc(-n2ccnc2)nc1. The van der Waals surface area contributed by atoms with E-state index < -0.39 is 0 Å². The minimum Gasteiger partial charge on any atom is -0.347 e. The Kier molecular flexibility index (Phi) is 3.56. The lowest BCUT2D eigenvalue weighted by molar-refractivity contribution is 0.0951. The average Bonchev–Trinajstić information content (AvgIpc) is 3.18. The van der Waals surface area contributed by atoms with E-state index in [1.54, 1.807) is 53.0 Å². The lowest BCUT2D eigenvalue weighted by Gasteiger charge is -2.05. The summed E-state index contributed by atoms with van der Waals surface area (Å²) in [6.45, 7) is 0.541. The number of aromatic nitrogens is 3. The van der Waals surface area contributed by atoms with Gasteiger partial charge in [-0.3, -0.25) is 9.36 Å². The average molecular weight is 284 g/mol. The second-order valence-electron chi connectivity index (χ2n) is 4.14. The molecule has 20 heavy (non-hydrogen) atoms. The molecule has 0 aliphatic rings. The number of pyridine rings is 1. The normalized spacial score (nSPS) is 10.4. The fraction of sp³-hybridized carbons (Fsp3) is 0.0714. The van der Waals surface area contributed by atoms with Crippen molar-refractivity contribution in [3.63, 3.8) is 0 Å². The Hall–Kier alpha value is -2.47. The van der Waals surface area contributed by atoms with E-state index >= 15 is 0 Å². The summed E-state index contributed by atoms with van der Waals surface area (Å²) in [6.07, 6.45) is 6.72. The van der Waals surface area contributed by atoms with Crippen molar-refractivity contribution in [2.45, 2.75) is 6.54 Å². The van der Waals surface area contributed by atoms with Crippen molar-refractivity contribution in [3.05, 3.63) is 65.0 Å². The van der Waals surface area contributed by atoms with Gasteiger partial charge in [-0.2, -0.15) is 0 Å². The molecule has 6 heteroatoms. The number of carbonyl (C=O) groups excluding carboxylic acids is 1. The highest BCUT2D eigenvalue weighted by Crippen LogP contribution is 2.09. The van der Waals surface area contributed by atoms with Crippen LogP contribution in [0.15, 0.2) is 54.6 Å². The molecule has 0 aliphatic heterocycles. The van der Waals surface area contributed by atoms with Gasteiger partial charge in [-0.1, -0.05) is 6.07 Å². The molecule has 3 heterocycles. The molecule has 0 saturated heterocycles. The first-order valence-electron chi connectivity index (χ1n) is 6.08. The van der Waals surface area contributed by atoms with Crippen LogP contribution in [0.4, 0.5) is 0 Å². The summed E-state index contributed by atoms with van der Waals surface area (Å²) in [4.78, 5) is 21.3. The van der Waals surface area contributed by atoms with E-state index in [1.807, 2.05) is 17.5 Å². The third kappa shape index (κ3) is 2.75. The highest BCUT2D eigenvalue weighted by Gasteiger charge is 2.06. The monoisotopic (exact) mass is 284 g/mol. The molecular formula is C14H12N4OS. The molecule has 0 fully saturated rings. The summed E-state index contributed by atoms with van der Waals surface area (Å²) >= 11 is 1.62. The van der Waals surface area contributed by atoms with Gasteiger partial charge in [0.25, 0.3) is 5.91 Å². The number of nitrogens with one attached hydrogen (secondary N) is 1. The van der Waals surface area contributed by atoms with Gasteiger partial charge in [0.1, 0.15) is 12.1 Å². The number of nitrogens with zero attached hydrogens (tertiary/aromatic N) is 3. The zero-order valence-corrected chi connectivity index (χ0v) is 11.4. The van der Waals surface area contributed by atoms with Crippen LogP contribution in [0.3, 0.4) is 0 Å². The van der Waals surface area contributed by atoms with Crippen LogP contribution in [0, 0.1) is 0 Å². The maximum Gasteiger partial charge on any atom is 0.253 e. The summed E-state index contributed by atoms with van der Waals surface area (Å²) in [6, 6.07) is 7.51. The standard InChI is InChI=1S/C14H12N4OS/c19-14(17-9-12-2-1-7-20-12)11-3-4-13(16-8-11)18-6-5-15-10-18/h1-8,10H,9H2,(H,17,19). The molecule has 0 unspecified atom stereocenters. The highest BCUT2D eigenvalue weighted by atomic mass is 32.1. The number of rotatable bonds is 4.